The van der Waals surface area contributed by atoms with Crippen LogP contribution < -0.4 is 19.1 Å². The molecule has 1 aliphatic rings. The van der Waals surface area contributed by atoms with Crippen LogP contribution >= 0.6 is 22.9 Å². The molecule has 9 heteroatoms. The van der Waals surface area contributed by atoms with Gasteiger partial charge in [0.1, 0.15) is 17.9 Å². The predicted octanol–water partition coefficient (Wildman–Crippen LogP) is 3.69. The van der Waals surface area contributed by atoms with Gasteiger partial charge in [0.2, 0.25) is 6.10 Å². The maximum Gasteiger partial charge on any atom is 0.273 e. The van der Waals surface area contributed by atoms with E-state index < -0.39 is 6.10 Å². The molecule has 0 bridgehead atoms. The van der Waals surface area contributed by atoms with E-state index >= 15 is 0 Å². The number of nitrogens with zero attached hydrogens (tertiary/aromatic N) is 3. The Morgan fingerprint density at radius 2 is 2.00 bits per heavy atom. The normalized spacial score (nSPS) is 15.4. The summed E-state index contributed by atoms with van der Waals surface area (Å²) in [5.41, 5.74) is 0.638. The number of amides is 1. The molecular formula is C21H22ClN3O4S. The van der Waals surface area contributed by atoms with Crippen LogP contribution in [-0.4, -0.2) is 62.8 Å². The first kappa shape index (κ1) is 20.7. The Labute approximate surface area is 183 Å². The number of hydrogen-bond donors (Lipinski definition) is 0. The largest absolute Gasteiger partial charge is 0.494 e. The summed E-state index contributed by atoms with van der Waals surface area (Å²) in [7, 11) is 5.50. The summed E-state index contributed by atoms with van der Waals surface area (Å²) in [5, 5.41) is 1.12. The Hall–Kier alpha value is -2.55. The molecule has 30 heavy (non-hydrogen) atoms. The lowest BCUT2D eigenvalue weighted by Gasteiger charge is -2.30. The zero-order chi connectivity index (χ0) is 21.3. The minimum atomic E-state index is -0.758. The monoisotopic (exact) mass is 447 g/mol. The molecule has 1 aromatic heterocycles. The average molecular weight is 448 g/mol. The molecule has 0 unspecified atom stereocenters. The summed E-state index contributed by atoms with van der Waals surface area (Å²) in [5.74, 6) is 1.60. The minimum Gasteiger partial charge on any atom is -0.494 e. The van der Waals surface area contributed by atoms with Gasteiger partial charge in [-0.05, 0) is 38.4 Å². The van der Waals surface area contributed by atoms with Crippen molar-refractivity contribution < 1.29 is 19.0 Å². The lowest BCUT2D eigenvalue weighted by atomic mass is 10.2. The van der Waals surface area contributed by atoms with E-state index in [1.165, 1.54) is 11.3 Å². The van der Waals surface area contributed by atoms with Gasteiger partial charge in [-0.15, -0.1) is 0 Å². The van der Waals surface area contributed by atoms with E-state index in [-0.39, 0.29) is 12.5 Å². The molecule has 7 nitrogen and oxygen atoms in total. The van der Waals surface area contributed by atoms with Crippen molar-refractivity contribution >= 4 is 44.2 Å². The second kappa shape index (κ2) is 8.67. The van der Waals surface area contributed by atoms with E-state index in [4.69, 9.17) is 25.8 Å². The number of aromatic nitrogens is 1. The fourth-order valence-electron chi connectivity index (χ4n) is 3.14. The van der Waals surface area contributed by atoms with Gasteiger partial charge in [-0.2, -0.15) is 0 Å². The van der Waals surface area contributed by atoms with Gasteiger partial charge in [-0.3, -0.25) is 9.69 Å². The highest BCUT2D eigenvalue weighted by atomic mass is 35.5. The van der Waals surface area contributed by atoms with E-state index in [0.717, 1.165) is 4.70 Å². The van der Waals surface area contributed by atoms with Gasteiger partial charge in [0.15, 0.2) is 16.6 Å². The molecule has 158 valence electrons. The highest BCUT2D eigenvalue weighted by Crippen LogP contribution is 2.39. The fourth-order valence-corrected chi connectivity index (χ4v) is 4.42. The van der Waals surface area contributed by atoms with Crippen molar-refractivity contribution in [1.82, 2.24) is 9.88 Å². The summed E-state index contributed by atoms with van der Waals surface area (Å²) >= 11 is 7.73. The maximum absolute atomic E-state index is 13.4. The van der Waals surface area contributed by atoms with Gasteiger partial charge in [-0.1, -0.05) is 35.1 Å². The van der Waals surface area contributed by atoms with Crippen LogP contribution in [-0.2, 0) is 4.79 Å². The van der Waals surface area contributed by atoms with Gasteiger partial charge in [0.25, 0.3) is 5.91 Å². The molecule has 2 aromatic carbocycles. The van der Waals surface area contributed by atoms with Crippen LogP contribution in [0.15, 0.2) is 36.4 Å². The molecule has 3 aromatic rings. The van der Waals surface area contributed by atoms with Crippen molar-refractivity contribution in [2.45, 2.75) is 6.10 Å². The van der Waals surface area contributed by atoms with Gasteiger partial charge in [0.05, 0.1) is 16.8 Å². The molecule has 0 aliphatic carbocycles. The summed E-state index contributed by atoms with van der Waals surface area (Å²) in [6.45, 7) is 1.26. The fraction of sp³-hybridized carbons (Fsp3) is 0.333. The van der Waals surface area contributed by atoms with Gasteiger partial charge >= 0.3 is 0 Å². The van der Waals surface area contributed by atoms with Crippen LogP contribution in [0.1, 0.15) is 0 Å². The van der Waals surface area contributed by atoms with E-state index in [1.54, 1.807) is 30.2 Å². The van der Waals surface area contributed by atoms with Crippen LogP contribution in [0.5, 0.6) is 17.2 Å². The highest BCUT2D eigenvalue weighted by molar-refractivity contribution is 7.23. The van der Waals surface area contributed by atoms with Crippen LogP contribution in [0.3, 0.4) is 0 Å². The van der Waals surface area contributed by atoms with Crippen molar-refractivity contribution in [3.05, 3.63) is 41.4 Å². The number of carbonyl (C=O) groups is 1. The molecular weight excluding hydrogens is 426 g/mol. The number of methoxy groups -OCH3 is 1. The third kappa shape index (κ3) is 4.03. The smallest absolute Gasteiger partial charge is 0.273 e. The highest BCUT2D eigenvalue weighted by Gasteiger charge is 2.33. The van der Waals surface area contributed by atoms with E-state index in [9.17, 15) is 4.79 Å². The molecule has 0 spiro atoms. The Morgan fingerprint density at radius 3 is 2.73 bits per heavy atom. The number of carbonyl (C=O) groups excluding carboxylic acids is 1. The molecule has 1 aliphatic heterocycles. The Balaban J connectivity index is 1.67. The van der Waals surface area contributed by atoms with Gasteiger partial charge in [0, 0.05) is 13.1 Å². The predicted molar refractivity (Wildman–Crippen MR) is 118 cm³/mol. The topological polar surface area (TPSA) is 64.1 Å². The van der Waals surface area contributed by atoms with Crippen LogP contribution in [0.4, 0.5) is 5.13 Å². The first-order chi connectivity index (χ1) is 14.5. The standard InChI is InChI=1S/C21H22ClN3O4S/c1-24(2)10-11-25(20(26)17-12-28-14-6-4-5-7-15(14)29-17)21-23-18-16(27-3)9-8-13(22)19(18)30-21/h4-9,17H,10-12H2,1-3H3/t17-/m1/s1. The van der Waals surface area contributed by atoms with Gasteiger partial charge in [-0.25, -0.2) is 4.98 Å². The first-order valence-electron chi connectivity index (χ1n) is 9.45. The van der Waals surface area contributed by atoms with E-state index in [2.05, 4.69) is 4.98 Å². The molecule has 0 saturated carbocycles. The Kier molecular flexibility index (Phi) is 5.99. The number of para-hydroxylation sites is 2. The van der Waals surface area contributed by atoms with Crippen LogP contribution in [0.2, 0.25) is 5.02 Å². The Morgan fingerprint density at radius 1 is 1.23 bits per heavy atom. The molecule has 0 radical (unpaired) electrons. The van der Waals surface area contributed by atoms with Crippen molar-refractivity contribution in [2.75, 3.05) is 45.8 Å². The lowest BCUT2D eigenvalue weighted by Crippen LogP contribution is -2.48. The summed E-state index contributed by atoms with van der Waals surface area (Å²) in [6.07, 6.45) is -0.758. The number of likely N-dealkylation sites (N-methyl/N-ethyl adjacent to an activating group) is 1. The average Bonchev–Trinajstić information content (AvgIpc) is 3.19. The SMILES string of the molecule is COc1ccc(Cl)c2sc(N(CCN(C)C)C(=O)[C@H]3COc4ccccc4O3)nc12. The van der Waals surface area contributed by atoms with E-state index in [1.807, 2.05) is 37.2 Å². The number of thiazole rings is 1. The summed E-state index contributed by atoms with van der Waals surface area (Å²) in [4.78, 5) is 21.8. The molecule has 0 saturated heterocycles. The van der Waals surface area contributed by atoms with Crippen LogP contribution in [0.25, 0.3) is 10.2 Å². The number of fused-ring (bicyclic) bond motifs is 2. The third-order valence-electron chi connectivity index (χ3n) is 4.72. The molecule has 1 amide bonds. The zero-order valence-electron chi connectivity index (χ0n) is 16.9. The summed E-state index contributed by atoms with van der Waals surface area (Å²) < 4.78 is 17.9. The van der Waals surface area contributed by atoms with Crippen molar-refractivity contribution in [3.8, 4) is 17.2 Å². The zero-order valence-corrected chi connectivity index (χ0v) is 18.5. The summed E-state index contributed by atoms with van der Waals surface area (Å²) in [6, 6.07) is 10.9. The lowest BCUT2D eigenvalue weighted by molar-refractivity contribution is -0.127. The number of ether oxygens (including phenoxy) is 3. The number of benzene rings is 2. The molecule has 0 N–H and O–H groups in total. The molecule has 4 rings (SSSR count). The molecule has 0 fully saturated rings. The second-order valence-corrected chi connectivity index (χ2v) is 8.47. The number of halogens is 1. The quantitative estimate of drug-likeness (QED) is 0.574. The minimum absolute atomic E-state index is 0.142. The van der Waals surface area contributed by atoms with Crippen LogP contribution in [0, 0.1) is 0 Å². The first-order valence-corrected chi connectivity index (χ1v) is 10.6. The molecule has 2 heterocycles. The van der Waals surface area contributed by atoms with Crippen molar-refractivity contribution in [3.63, 3.8) is 0 Å². The number of rotatable bonds is 6. The van der Waals surface area contributed by atoms with E-state index in [0.29, 0.717) is 46.0 Å². The van der Waals surface area contributed by atoms with Crippen molar-refractivity contribution in [2.24, 2.45) is 0 Å². The van der Waals surface area contributed by atoms with Gasteiger partial charge < -0.3 is 19.1 Å². The maximum atomic E-state index is 13.4. The second-order valence-electron chi connectivity index (χ2n) is 7.08. The Bertz CT molecular complexity index is 1070. The number of hydrogen-bond acceptors (Lipinski definition) is 7. The van der Waals surface area contributed by atoms with Crippen molar-refractivity contribution in [1.29, 1.82) is 0 Å². The molecule has 1 atom stereocenters. The number of anilines is 1. The third-order valence-corrected chi connectivity index (χ3v) is 6.26.